The number of nitrogens with zero attached hydrogens (tertiary/aromatic N) is 1. The van der Waals surface area contributed by atoms with Gasteiger partial charge in [0, 0.05) is 12.6 Å². The van der Waals surface area contributed by atoms with E-state index in [2.05, 4.69) is 11.9 Å². The quantitative estimate of drug-likeness (QED) is 0.848. The summed E-state index contributed by atoms with van der Waals surface area (Å²) >= 11 is 0. The zero-order valence-corrected chi connectivity index (χ0v) is 10.1. The lowest BCUT2D eigenvalue weighted by atomic mass is 10.1. The molecule has 92 valence electrons. The van der Waals surface area contributed by atoms with Gasteiger partial charge in [-0.2, -0.15) is 0 Å². The Morgan fingerprint density at radius 2 is 2.24 bits per heavy atom. The average molecular weight is 235 g/mol. The van der Waals surface area contributed by atoms with Crippen LogP contribution in [0.5, 0.6) is 5.75 Å². The highest BCUT2D eigenvalue weighted by atomic mass is 16.5. The summed E-state index contributed by atoms with van der Waals surface area (Å²) in [6.45, 7) is 0.834. The molecule has 1 aromatic carbocycles. The lowest BCUT2D eigenvalue weighted by Crippen LogP contribution is -2.20. The summed E-state index contributed by atoms with van der Waals surface area (Å²) in [4.78, 5) is 13.2. The van der Waals surface area contributed by atoms with Crippen molar-refractivity contribution in [3.8, 4) is 5.75 Å². The summed E-state index contributed by atoms with van der Waals surface area (Å²) in [6, 6.07) is 5.96. The Bertz CT molecular complexity index is 427. The van der Waals surface area contributed by atoms with E-state index in [0.717, 1.165) is 12.1 Å². The molecule has 1 fully saturated rings. The van der Waals surface area contributed by atoms with E-state index < -0.39 is 5.97 Å². The summed E-state index contributed by atoms with van der Waals surface area (Å²) in [5, 5.41) is 8.98. The number of carbonyl (C=O) groups is 1. The molecule has 0 aliphatic heterocycles. The highest BCUT2D eigenvalue weighted by Crippen LogP contribution is 2.28. The largest absolute Gasteiger partial charge is 0.496 e. The molecule has 0 heterocycles. The number of hydrogen-bond acceptors (Lipinski definition) is 3. The van der Waals surface area contributed by atoms with Crippen molar-refractivity contribution in [2.75, 3.05) is 14.2 Å². The molecular weight excluding hydrogens is 218 g/mol. The smallest absolute Gasteiger partial charge is 0.339 e. The van der Waals surface area contributed by atoms with Gasteiger partial charge in [-0.05, 0) is 37.6 Å². The van der Waals surface area contributed by atoms with Gasteiger partial charge in [0.25, 0.3) is 0 Å². The Morgan fingerprint density at radius 3 is 2.76 bits per heavy atom. The van der Waals surface area contributed by atoms with Crippen LogP contribution in [0, 0.1) is 0 Å². The van der Waals surface area contributed by atoms with Crippen LogP contribution >= 0.6 is 0 Å². The zero-order valence-electron chi connectivity index (χ0n) is 10.1. The first-order valence-electron chi connectivity index (χ1n) is 5.72. The Hall–Kier alpha value is -1.55. The minimum Gasteiger partial charge on any atom is -0.496 e. The van der Waals surface area contributed by atoms with Gasteiger partial charge in [0.1, 0.15) is 11.3 Å². The summed E-state index contributed by atoms with van der Waals surface area (Å²) in [5.41, 5.74) is 1.30. The minimum atomic E-state index is -0.955. The second-order valence-electron chi connectivity index (χ2n) is 4.49. The number of benzene rings is 1. The van der Waals surface area contributed by atoms with E-state index in [9.17, 15) is 4.79 Å². The van der Waals surface area contributed by atoms with Crippen LogP contribution in [-0.2, 0) is 6.54 Å². The first-order valence-corrected chi connectivity index (χ1v) is 5.72. The van der Waals surface area contributed by atoms with Gasteiger partial charge in [-0.3, -0.25) is 4.90 Å². The highest BCUT2D eigenvalue weighted by Gasteiger charge is 2.26. The van der Waals surface area contributed by atoms with Gasteiger partial charge in [0.15, 0.2) is 0 Å². The molecule has 1 aliphatic carbocycles. The normalized spacial score (nSPS) is 15.0. The van der Waals surface area contributed by atoms with Crippen molar-refractivity contribution in [3.63, 3.8) is 0 Å². The number of carboxylic acid groups (broad SMARTS) is 1. The third kappa shape index (κ3) is 2.77. The van der Waals surface area contributed by atoms with Crippen molar-refractivity contribution in [2.45, 2.75) is 25.4 Å². The number of hydrogen-bond donors (Lipinski definition) is 1. The number of ether oxygens (including phenoxy) is 1. The standard InChI is InChI=1S/C13H17NO3/c1-14(10-4-5-10)8-9-3-6-11(13(15)16)12(7-9)17-2/h3,6-7,10H,4-5,8H2,1-2H3,(H,15,16). The van der Waals surface area contributed by atoms with E-state index in [1.54, 1.807) is 6.07 Å². The van der Waals surface area contributed by atoms with Gasteiger partial charge in [-0.15, -0.1) is 0 Å². The Kier molecular flexibility index (Phi) is 3.33. The van der Waals surface area contributed by atoms with Crippen molar-refractivity contribution >= 4 is 5.97 Å². The second-order valence-corrected chi connectivity index (χ2v) is 4.49. The average Bonchev–Trinajstić information content (AvgIpc) is 3.12. The first kappa shape index (κ1) is 11.9. The molecule has 0 atom stereocenters. The van der Waals surface area contributed by atoms with Crippen molar-refractivity contribution in [3.05, 3.63) is 29.3 Å². The molecule has 1 aliphatic rings. The van der Waals surface area contributed by atoms with Crippen molar-refractivity contribution in [1.29, 1.82) is 0 Å². The minimum absolute atomic E-state index is 0.213. The number of carboxylic acids is 1. The lowest BCUT2D eigenvalue weighted by molar-refractivity contribution is 0.0693. The van der Waals surface area contributed by atoms with Crippen LogP contribution in [0.3, 0.4) is 0 Å². The summed E-state index contributed by atoms with van der Waals surface area (Å²) in [5.74, 6) is -0.525. The maximum Gasteiger partial charge on any atom is 0.339 e. The molecule has 0 bridgehead atoms. The number of rotatable bonds is 5. The fraction of sp³-hybridized carbons (Fsp3) is 0.462. The molecule has 0 amide bonds. The van der Waals surface area contributed by atoms with Gasteiger partial charge in [0.2, 0.25) is 0 Å². The molecule has 1 aromatic rings. The lowest BCUT2D eigenvalue weighted by Gasteiger charge is -2.16. The molecular formula is C13H17NO3. The van der Waals surface area contributed by atoms with E-state index in [0.29, 0.717) is 11.8 Å². The zero-order chi connectivity index (χ0) is 12.4. The van der Waals surface area contributed by atoms with Crippen LogP contribution in [-0.4, -0.2) is 36.2 Å². The van der Waals surface area contributed by atoms with E-state index in [1.807, 2.05) is 12.1 Å². The summed E-state index contributed by atoms with van der Waals surface area (Å²) in [7, 11) is 3.59. The molecule has 0 radical (unpaired) electrons. The predicted molar refractivity (Wildman–Crippen MR) is 64.4 cm³/mol. The predicted octanol–water partition coefficient (Wildman–Crippen LogP) is 1.99. The van der Waals surface area contributed by atoms with Crippen LogP contribution in [0.4, 0.5) is 0 Å². The second kappa shape index (κ2) is 4.75. The van der Waals surface area contributed by atoms with E-state index in [-0.39, 0.29) is 5.56 Å². The molecule has 1 N–H and O–H groups in total. The molecule has 2 rings (SSSR count). The Labute approximate surface area is 101 Å². The first-order chi connectivity index (χ1) is 8.11. The van der Waals surface area contributed by atoms with Gasteiger partial charge >= 0.3 is 5.97 Å². The topological polar surface area (TPSA) is 49.8 Å². The fourth-order valence-corrected chi connectivity index (χ4v) is 1.94. The third-order valence-corrected chi connectivity index (χ3v) is 3.10. The summed E-state index contributed by atoms with van der Waals surface area (Å²) < 4.78 is 5.11. The van der Waals surface area contributed by atoms with Crippen molar-refractivity contribution in [2.24, 2.45) is 0 Å². The van der Waals surface area contributed by atoms with Gasteiger partial charge in [-0.1, -0.05) is 6.07 Å². The molecule has 4 heteroatoms. The molecule has 0 saturated heterocycles. The van der Waals surface area contributed by atoms with Crippen LogP contribution in [0.15, 0.2) is 18.2 Å². The van der Waals surface area contributed by atoms with Crippen LogP contribution in [0.25, 0.3) is 0 Å². The third-order valence-electron chi connectivity index (χ3n) is 3.10. The van der Waals surface area contributed by atoms with Gasteiger partial charge < -0.3 is 9.84 Å². The monoisotopic (exact) mass is 235 g/mol. The van der Waals surface area contributed by atoms with E-state index in [4.69, 9.17) is 9.84 Å². The molecule has 0 aromatic heterocycles. The Morgan fingerprint density at radius 1 is 1.53 bits per heavy atom. The van der Waals surface area contributed by atoms with Gasteiger partial charge in [0.05, 0.1) is 7.11 Å². The van der Waals surface area contributed by atoms with Gasteiger partial charge in [-0.25, -0.2) is 4.79 Å². The fourth-order valence-electron chi connectivity index (χ4n) is 1.94. The van der Waals surface area contributed by atoms with E-state index in [1.165, 1.54) is 20.0 Å². The molecule has 17 heavy (non-hydrogen) atoms. The maximum absolute atomic E-state index is 10.9. The molecule has 0 unspecified atom stereocenters. The highest BCUT2D eigenvalue weighted by molar-refractivity contribution is 5.90. The summed E-state index contributed by atoms with van der Waals surface area (Å²) in [6.07, 6.45) is 2.53. The molecule has 4 nitrogen and oxygen atoms in total. The van der Waals surface area contributed by atoms with Crippen LogP contribution < -0.4 is 4.74 Å². The molecule has 0 spiro atoms. The SMILES string of the molecule is COc1cc(CN(C)C2CC2)ccc1C(=O)O. The van der Waals surface area contributed by atoms with E-state index >= 15 is 0 Å². The Balaban J connectivity index is 2.15. The maximum atomic E-state index is 10.9. The number of methoxy groups -OCH3 is 1. The van der Waals surface area contributed by atoms with Crippen LogP contribution in [0.2, 0.25) is 0 Å². The van der Waals surface area contributed by atoms with Crippen LogP contribution in [0.1, 0.15) is 28.8 Å². The number of aromatic carboxylic acids is 1. The van der Waals surface area contributed by atoms with Crippen molar-refractivity contribution < 1.29 is 14.6 Å². The van der Waals surface area contributed by atoms with Crippen molar-refractivity contribution in [1.82, 2.24) is 4.90 Å². The molecule has 1 saturated carbocycles.